The summed E-state index contributed by atoms with van der Waals surface area (Å²) in [6, 6.07) is 11.9. The second-order valence-corrected chi connectivity index (χ2v) is 9.09. The summed E-state index contributed by atoms with van der Waals surface area (Å²) in [4.78, 5) is 0. The van der Waals surface area contributed by atoms with Crippen LogP contribution in [0, 0.1) is 17.6 Å². The first-order valence-electron chi connectivity index (χ1n) is 11.5. The zero-order valence-electron chi connectivity index (χ0n) is 19.3. The van der Waals surface area contributed by atoms with Gasteiger partial charge in [0.05, 0.1) is 0 Å². The van der Waals surface area contributed by atoms with Crippen LogP contribution in [0.15, 0.2) is 60.7 Å². The van der Waals surface area contributed by atoms with Gasteiger partial charge >= 0.3 is 6.36 Å². The summed E-state index contributed by atoms with van der Waals surface area (Å²) in [6.07, 6.45) is -0.705. The second kappa shape index (κ2) is 10.4. The molecule has 36 heavy (non-hydrogen) atoms. The minimum atomic E-state index is -5.09. The molecule has 0 radical (unpaired) electrons. The summed E-state index contributed by atoms with van der Waals surface area (Å²) in [7, 11) is 0. The summed E-state index contributed by atoms with van der Waals surface area (Å²) in [5.41, 5.74) is 0.441. The van der Waals surface area contributed by atoms with Gasteiger partial charge in [0.25, 0.3) is 0 Å². The highest BCUT2D eigenvalue weighted by atomic mass is 19.4. The zero-order valence-corrected chi connectivity index (χ0v) is 19.3. The fourth-order valence-electron chi connectivity index (χ4n) is 4.51. The number of alkyl halides is 3. The average Bonchev–Trinajstić information content (AvgIpc) is 2.84. The molecule has 3 aromatic rings. The van der Waals surface area contributed by atoms with Gasteiger partial charge in [0.15, 0.2) is 23.2 Å². The molecule has 0 amide bonds. The predicted molar refractivity (Wildman–Crippen MR) is 124 cm³/mol. The molecule has 1 fully saturated rings. The van der Waals surface area contributed by atoms with Crippen LogP contribution >= 0.6 is 0 Å². The van der Waals surface area contributed by atoms with Gasteiger partial charge < -0.3 is 4.74 Å². The molecule has 190 valence electrons. The third-order valence-corrected chi connectivity index (χ3v) is 6.54. The third kappa shape index (κ3) is 5.91. The lowest BCUT2D eigenvalue weighted by Gasteiger charge is -2.26. The van der Waals surface area contributed by atoms with E-state index >= 15 is 0 Å². The molecule has 1 nitrogen and oxygen atoms in total. The van der Waals surface area contributed by atoms with E-state index in [1.54, 1.807) is 12.1 Å². The van der Waals surface area contributed by atoms with E-state index in [1.165, 1.54) is 12.1 Å². The van der Waals surface area contributed by atoms with E-state index in [9.17, 15) is 30.7 Å². The molecule has 0 saturated heterocycles. The van der Waals surface area contributed by atoms with E-state index in [2.05, 4.69) is 11.7 Å². The van der Waals surface area contributed by atoms with Crippen molar-refractivity contribution in [2.24, 2.45) is 5.92 Å². The van der Waals surface area contributed by atoms with Crippen molar-refractivity contribution in [1.82, 2.24) is 0 Å². The summed E-state index contributed by atoms with van der Waals surface area (Å²) in [6.45, 7) is 2.22. The molecule has 0 N–H and O–H groups in total. The van der Waals surface area contributed by atoms with Crippen molar-refractivity contribution in [2.75, 3.05) is 0 Å². The Morgan fingerprint density at radius 2 is 1.36 bits per heavy atom. The van der Waals surface area contributed by atoms with Crippen molar-refractivity contribution in [2.45, 2.75) is 44.9 Å². The third-order valence-electron chi connectivity index (χ3n) is 6.54. The first-order chi connectivity index (χ1) is 17.0. The maximum Gasteiger partial charge on any atom is 0.573 e. The molecule has 0 heterocycles. The van der Waals surface area contributed by atoms with Crippen LogP contribution < -0.4 is 4.74 Å². The lowest BCUT2D eigenvalue weighted by atomic mass is 9.79. The minimum absolute atomic E-state index is 0.0206. The minimum Gasteiger partial charge on any atom is -0.403 e. The normalized spacial score (nSPS) is 19.1. The number of hydrogen-bond donors (Lipinski definition) is 0. The molecule has 4 rings (SSSR count). The highest BCUT2D eigenvalue weighted by Crippen LogP contribution is 2.37. The van der Waals surface area contributed by atoms with Gasteiger partial charge in [-0.2, -0.15) is 0 Å². The SMILES string of the molecule is CC1CCC(c2ccc(/C(F)=C(\F)c3ccc(-c4ccc(OC(F)(F)F)c(F)c4)c(F)c3)cc2)CC1. The van der Waals surface area contributed by atoms with Crippen LogP contribution in [0.4, 0.5) is 30.7 Å². The highest BCUT2D eigenvalue weighted by Gasteiger charge is 2.32. The van der Waals surface area contributed by atoms with Gasteiger partial charge in [-0.3, -0.25) is 0 Å². The van der Waals surface area contributed by atoms with E-state index in [1.807, 2.05) is 0 Å². The summed E-state index contributed by atoms with van der Waals surface area (Å²) < 4.78 is 98.9. The van der Waals surface area contributed by atoms with Gasteiger partial charge in [-0.1, -0.05) is 62.2 Å². The molecule has 0 atom stereocenters. The van der Waals surface area contributed by atoms with Crippen molar-refractivity contribution in [3.63, 3.8) is 0 Å². The van der Waals surface area contributed by atoms with Crippen LogP contribution in [0.25, 0.3) is 22.8 Å². The monoisotopic (exact) mass is 508 g/mol. The number of benzene rings is 3. The first kappa shape index (κ1) is 25.8. The molecule has 3 aromatic carbocycles. The van der Waals surface area contributed by atoms with Gasteiger partial charge in [0.2, 0.25) is 0 Å². The van der Waals surface area contributed by atoms with E-state index in [0.29, 0.717) is 24.0 Å². The van der Waals surface area contributed by atoms with Gasteiger partial charge in [0, 0.05) is 16.7 Å². The van der Waals surface area contributed by atoms with E-state index in [-0.39, 0.29) is 22.3 Å². The number of ether oxygens (including phenoxy) is 1. The molecular formula is C28H23F7O. The molecule has 0 spiro atoms. The molecule has 1 saturated carbocycles. The molecule has 1 aliphatic rings. The van der Waals surface area contributed by atoms with Crippen molar-refractivity contribution in [3.8, 4) is 16.9 Å². The van der Waals surface area contributed by atoms with Gasteiger partial charge in [-0.15, -0.1) is 13.2 Å². The van der Waals surface area contributed by atoms with Crippen molar-refractivity contribution < 1.29 is 35.5 Å². The van der Waals surface area contributed by atoms with Crippen molar-refractivity contribution in [3.05, 3.63) is 89.0 Å². The maximum absolute atomic E-state index is 14.9. The van der Waals surface area contributed by atoms with Crippen LogP contribution in [0.1, 0.15) is 55.2 Å². The van der Waals surface area contributed by atoms with Crippen LogP contribution in [-0.2, 0) is 0 Å². The lowest BCUT2D eigenvalue weighted by Crippen LogP contribution is -2.17. The summed E-state index contributed by atoms with van der Waals surface area (Å²) in [5.74, 6) is -4.73. The predicted octanol–water partition coefficient (Wildman–Crippen LogP) is 9.59. The molecular weight excluding hydrogens is 485 g/mol. The summed E-state index contributed by atoms with van der Waals surface area (Å²) >= 11 is 0. The Labute approximate surface area is 204 Å². The molecule has 0 bridgehead atoms. The Morgan fingerprint density at radius 3 is 1.94 bits per heavy atom. The number of halogens is 7. The van der Waals surface area contributed by atoms with Crippen molar-refractivity contribution >= 4 is 11.7 Å². The Morgan fingerprint density at radius 1 is 0.750 bits per heavy atom. The van der Waals surface area contributed by atoms with E-state index < -0.39 is 35.4 Å². The second-order valence-electron chi connectivity index (χ2n) is 9.09. The summed E-state index contributed by atoms with van der Waals surface area (Å²) in [5, 5.41) is 0. The Bertz CT molecular complexity index is 1250. The molecule has 0 aliphatic heterocycles. The van der Waals surface area contributed by atoms with Crippen molar-refractivity contribution in [1.29, 1.82) is 0 Å². The quantitative estimate of drug-likeness (QED) is 0.246. The van der Waals surface area contributed by atoms with Crippen LogP contribution in [0.3, 0.4) is 0 Å². The topological polar surface area (TPSA) is 9.23 Å². The largest absolute Gasteiger partial charge is 0.573 e. The number of hydrogen-bond acceptors (Lipinski definition) is 1. The van der Waals surface area contributed by atoms with Gasteiger partial charge in [-0.05, 0) is 54.0 Å². The van der Waals surface area contributed by atoms with Gasteiger partial charge in [-0.25, -0.2) is 17.6 Å². The van der Waals surface area contributed by atoms with Crippen LogP contribution in [0.5, 0.6) is 5.75 Å². The first-order valence-corrected chi connectivity index (χ1v) is 11.5. The molecule has 1 aliphatic carbocycles. The van der Waals surface area contributed by atoms with Crippen LogP contribution in [-0.4, -0.2) is 6.36 Å². The maximum atomic E-state index is 14.9. The number of rotatable bonds is 5. The smallest absolute Gasteiger partial charge is 0.403 e. The van der Waals surface area contributed by atoms with E-state index in [4.69, 9.17) is 0 Å². The zero-order chi connectivity index (χ0) is 26.0. The van der Waals surface area contributed by atoms with Crippen LogP contribution in [0.2, 0.25) is 0 Å². The van der Waals surface area contributed by atoms with Gasteiger partial charge in [0.1, 0.15) is 5.82 Å². The Balaban J connectivity index is 1.54. The fraction of sp³-hybridized carbons (Fsp3) is 0.286. The molecule has 0 unspecified atom stereocenters. The average molecular weight is 508 g/mol. The fourth-order valence-corrected chi connectivity index (χ4v) is 4.51. The Hall–Kier alpha value is -3.29. The van der Waals surface area contributed by atoms with E-state index in [0.717, 1.165) is 55.5 Å². The lowest BCUT2D eigenvalue weighted by molar-refractivity contribution is -0.275. The molecule has 8 heteroatoms. The standard InChI is InChI=1S/C28H23F7O/c1-16-2-4-17(5-3-16)18-6-8-19(9-7-18)26(31)27(32)21-10-12-22(23(29)15-21)20-11-13-25(24(30)14-20)36-28(33,34)35/h6-17H,2-5H2,1H3/b27-26+. The Kier molecular flexibility index (Phi) is 7.43. The highest BCUT2D eigenvalue weighted by molar-refractivity contribution is 5.84. The molecule has 0 aromatic heterocycles.